The van der Waals surface area contributed by atoms with Gasteiger partial charge in [0, 0.05) is 86.6 Å². The molecule has 6 heteroatoms. The van der Waals surface area contributed by atoms with Gasteiger partial charge in [-0.15, -0.1) is 0 Å². The average Bonchev–Trinajstić information content (AvgIpc) is 1.50. The highest BCUT2D eigenvalue weighted by atomic mass is 32.2. The summed E-state index contributed by atoms with van der Waals surface area (Å²) >= 11 is 3.84. The van der Waals surface area contributed by atoms with Gasteiger partial charge in [-0.1, -0.05) is 339 Å². The summed E-state index contributed by atoms with van der Waals surface area (Å²) in [5.41, 5.74) is 37.5. The Kier molecular flexibility index (Phi) is 16.0. The number of rotatable bonds is 12. The van der Waals surface area contributed by atoms with E-state index in [1.165, 1.54) is 163 Å². The van der Waals surface area contributed by atoms with Crippen molar-refractivity contribution >= 4 is 101 Å². The Bertz CT molecular complexity index is 7690. The lowest BCUT2D eigenvalue weighted by molar-refractivity contribution is 0.724. The summed E-state index contributed by atoms with van der Waals surface area (Å²) in [6.07, 6.45) is 0. The van der Waals surface area contributed by atoms with Crippen LogP contribution in [0.3, 0.4) is 0 Å². The fraction of sp³-hybridized carbons (Fsp3) is 0.0172. The molecule has 0 bridgehead atoms. The second-order valence-electron chi connectivity index (χ2n) is 32.5. The van der Waals surface area contributed by atoms with E-state index >= 15 is 0 Å². The van der Waals surface area contributed by atoms with E-state index in [2.05, 4.69) is 468 Å². The summed E-state index contributed by atoms with van der Waals surface area (Å²) in [6.45, 7) is 0. The van der Waals surface area contributed by atoms with Gasteiger partial charge in [0.15, 0.2) is 0 Å². The third-order valence-electron chi connectivity index (χ3n) is 26.3. The summed E-state index contributed by atoms with van der Waals surface area (Å²) in [5.74, 6) is 0. The molecule has 4 aliphatic rings. The van der Waals surface area contributed by atoms with Crippen molar-refractivity contribution in [1.82, 2.24) is 9.13 Å². The predicted octanol–water partition coefficient (Wildman–Crippen LogP) is 31.1. The monoisotopic (exact) mass is 1590 g/mol. The quantitative estimate of drug-likeness (QED) is 0.121. The molecule has 19 aromatic carbocycles. The second-order valence-corrected chi connectivity index (χ2v) is 34.6. The fourth-order valence-corrected chi connectivity index (χ4v) is 23.6. The van der Waals surface area contributed by atoms with Gasteiger partial charge in [-0.2, -0.15) is 0 Å². The minimum absolute atomic E-state index is 0.489. The second kappa shape index (κ2) is 27.9. The van der Waals surface area contributed by atoms with Gasteiger partial charge in [-0.05, 0) is 245 Å². The molecule has 21 aromatic rings. The summed E-state index contributed by atoms with van der Waals surface area (Å²) in [6, 6.07) is 168. The zero-order chi connectivity index (χ0) is 80.1. The molecule has 2 spiro atoms. The van der Waals surface area contributed by atoms with Crippen molar-refractivity contribution in [2.75, 3.05) is 9.80 Å². The van der Waals surface area contributed by atoms with Crippen LogP contribution in [0, 0.1) is 0 Å². The van der Waals surface area contributed by atoms with Crippen LogP contribution in [0.15, 0.2) is 468 Å². The van der Waals surface area contributed by atoms with Gasteiger partial charge >= 0.3 is 0 Å². The Morgan fingerprint density at radius 3 is 0.943 bits per heavy atom. The van der Waals surface area contributed by atoms with E-state index in [-0.39, 0.29) is 0 Å². The number of hydrogen-bond donors (Lipinski definition) is 0. The van der Waals surface area contributed by atoms with Gasteiger partial charge < -0.3 is 18.9 Å². The van der Waals surface area contributed by atoms with Crippen LogP contribution in [0.2, 0.25) is 0 Å². The Labute approximate surface area is 716 Å². The molecule has 0 atom stereocenters. The smallest absolute Gasteiger partial charge is 0.0736 e. The zero-order valence-electron chi connectivity index (χ0n) is 66.3. The topological polar surface area (TPSA) is 16.3 Å². The molecule has 2 aliphatic heterocycles. The number of anilines is 6. The fourth-order valence-electron chi connectivity index (χ4n) is 21.0. The van der Waals surface area contributed by atoms with Gasteiger partial charge in [-0.25, -0.2) is 0 Å². The lowest BCUT2D eigenvalue weighted by atomic mass is 9.67. The van der Waals surface area contributed by atoms with Crippen molar-refractivity contribution in [3.63, 3.8) is 0 Å². The maximum atomic E-state index is 2.54. The molecule has 570 valence electrons. The summed E-state index contributed by atoms with van der Waals surface area (Å²) in [7, 11) is 0. The molecular formula is C116H74N4S2. The Morgan fingerprint density at radius 1 is 0.189 bits per heavy atom. The molecule has 0 unspecified atom stereocenters. The van der Waals surface area contributed by atoms with Crippen LogP contribution in [0.25, 0.3) is 122 Å². The lowest BCUT2D eigenvalue weighted by Crippen LogP contribution is -2.32. The molecule has 2 aliphatic carbocycles. The van der Waals surface area contributed by atoms with E-state index in [4.69, 9.17) is 0 Å². The highest BCUT2D eigenvalue weighted by Crippen LogP contribution is 2.66. The minimum atomic E-state index is -0.647. The van der Waals surface area contributed by atoms with Crippen molar-refractivity contribution < 1.29 is 0 Å². The molecule has 0 fully saturated rings. The molecule has 0 saturated heterocycles. The van der Waals surface area contributed by atoms with Gasteiger partial charge in [0.25, 0.3) is 0 Å². The molecule has 25 rings (SSSR count). The Hall–Kier alpha value is -14.9. The number of hydrogen-bond acceptors (Lipinski definition) is 4. The number of para-hydroxylation sites is 4. The summed E-state index contributed by atoms with van der Waals surface area (Å²) in [4.78, 5) is 9.85. The normalized spacial score (nSPS) is 13.3. The van der Waals surface area contributed by atoms with Crippen LogP contribution < -0.4 is 9.80 Å². The van der Waals surface area contributed by atoms with E-state index in [9.17, 15) is 0 Å². The van der Waals surface area contributed by atoms with E-state index in [0.29, 0.717) is 0 Å². The largest absolute Gasteiger partial charge is 0.311 e. The first kappa shape index (κ1) is 70.1. The molecular weight excluding hydrogens is 1510 g/mol. The van der Waals surface area contributed by atoms with Crippen molar-refractivity contribution in [2.45, 2.75) is 30.4 Å². The molecule has 2 aromatic heterocycles. The van der Waals surface area contributed by atoms with Gasteiger partial charge in [0.05, 0.1) is 32.9 Å². The van der Waals surface area contributed by atoms with Crippen LogP contribution in [-0.4, -0.2) is 9.13 Å². The maximum Gasteiger partial charge on any atom is 0.0736 e. The van der Waals surface area contributed by atoms with Crippen molar-refractivity contribution in [3.8, 4) is 78.1 Å². The number of benzene rings is 19. The third-order valence-corrected chi connectivity index (χ3v) is 28.6. The average molecular weight is 1590 g/mol. The van der Waals surface area contributed by atoms with E-state index in [1.54, 1.807) is 0 Å². The Balaban J connectivity index is 0.563. The maximum absolute atomic E-state index is 2.54. The number of aromatic nitrogens is 2. The number of fused-ring (bicyclic) bond motifs is 26. The summed E-state index contributed by atoms with van der Waals surface area (Å²) < 4.78 is 5.07. The van der Waals surface area contributed by atoms with Crippen LogP contribution in [0.4, 0.5) is 34.1 Å². The van der Waals surface area contributed by atoms with Crippen LogP contribution in [-0.2, 0) is 10.8 Å². The molecule has 0 radical (unpaired) electrons. The standard InChI is InChI=1S/C116H74N4S2/c1-4-25-75(26-5-1)76-47-49-77(50-48-76)78-51-56-85(57-52-78)117(83-29-6-2-7-30-83)87-60-66-90(67-61-87)120-108-45-22-15-38-96(108)98-69-71-105-114(112(98)120)122-110-72-55-82(74-106(110)116(105)101-41-18-12-35-93(101)94-36-13-19-42-102(94)116)81-28-24-27-80(73-81)79-53-58-86(59-54-79)118(84-31-8-3-9-32-84)88-62-64-89(65-63-88)119-107-44-21-14-37-95(107)97-68-70-104-113(111(97)119)121-109-46-23-20-43-103(109)115(104)99-39-16-10-33-91(99)92-34-11-17-40-100(92)115/h1-74H. The highest BCUT2D eigenvalue weighted by molar-refractivity contribution is 8.00. The predicted molar refractivity (Wildman–Crippen MR) is 509 cm³/mol. The van der Waals surface area contributed by atoms with Crippen LogP contribution >= 0.6 is 23.5 Å². The van der Waals surface area contributed by atoms with Gasteiger partial charge in [-0.3, -0.25) is 0 Å². The molecule has 122 heavy (non-hydrogen) atoms. The molecule has 0 N–H and O–H groups in total. The van der Waals surface area contributed by atoms with Crippen molar-refractivity contribution in [3.05, 3.63) is 493 Å². The molecule has 0 saturated carbocycles. The molecule has 4 heterocycles. The van der Waals surface area contributed by atoms with Crippen molar-refractivity contribution in [2.24, 2.45) is 0 Å². The first-order chi connectivity index (χ1) is 60.5. The molecule has 0 amide bonds. The van der Waals surface area contributed by atoms with Gasteiger partial charge in [0.2, 0.25) is 0 Å². The van der Waals surface area contributed by atoms with E-state index < -0.39 is 10.8 Å². The molecule has 4 nitrogen and oxygen atoms in total. The minimum Gasteiger partial charge on any atom is -0.311 e. The van der Waals surface area contributed by atoms with E-state index in [0.717, 1.165) is 56.6 Å². The van der Waals surface area contributed by atoms with Crippen LogP contribution in [0.1, 0.15) is 44.5 Å². The highest BCUT2D eigenvalue weighted by Gasteiger charge is 2.53. The SMILES string of the molecule is c1ccc(-c2ccc(-c3ccc(N(c4ccccc4)c4ccc(-n5c6ccccc6c6ccc7c(c65)Sc5ccc(-c6cccc(-c8ccc(N(c9ccccc9)c9ccc(-n%10c%11ccccc%11c%11ccc%12c(c%11%10)Sc%10ccccc%10C%12%10c%11ccccc%11-c%11ccccc%11%10)cc9)cc8)c6)cc5C75c6ccccc6-c6ccccc65)cc4)cc3)cc2)cc1. The number of nitrogens with zero attached hydrogens (tertiary/aromatic N) is 4. The zero-order valence-corrected chi connectivity index (χ0v) is 68.0. The van der Waals surface area contributed by atoms with Crippen LogP contribution in [0.5, 0.6) is 0 Å². The first-order valence-electron chi connectivity index (χ1n) is 42.0. The van der Waals surface area contributed by atoms with E-state index in [1.807, 2.05) is 23.5 Å². The van der Waals surface area contributed by atoms with Gasteiger partial charge in [0.1, 0.15) is 0 Å². The summed E-state index contributed by atoms with van der Waals surface area (Å²) in [5, 5.41) is 4.95. The van der Waals surface area contributed by atoms with Crippen molar-refractivity contribution in [1.29, 1.82) is 0 Å². The first-order valence-corrected chi connectivity index (χ1v) is 43.6. The third kappa shape index (κ3) is 10.5. The Morgan fingerprint density at radius 2 is 0.492 bits per heavy atom. The lowest BCUT2D eigenvalue weighted by Gasteiger charge is -2.40.